The lowest BCUT2D eigenvalue weighted by atomic mass is 9.89. The number of halogens is 3. The second-order valence-corrected chi connectivity index (χ2v) is 11.7. The normalized spacial score (nSPS) is 21.3. The topological polar surface area (TPSA) is 104 Å². The van der Waals surface area contributed by atoms with Crippen molar-refractivity contribution < 1.29 is 22.8 Å². The number of hydrogen-bond donors (Lipinski definition) is 2. The van der Waals surface area contributed by atoms with Gasteiger partial charge in [0.25, 0.3) is 0 Å². The number of nitrogens with one attached hydrogen (secondary N) is 1. The lowest BCUT2D eigenvalue weighted by Gasteiger charge is -2.38. The molecule has 4 heterocycles. The summed E-state index contributed by atoms with van der Waals surface area (Å²) >= 11 is 1.71. The molecule has 2 atom stereocenters. The number of amides is 2. The lowest BCUT2D eigenvalue weighted by Crippen LogP contribution is -2.46. The van der Waals surface area contributed by atoms with E-state index in [2.05, 4.69) is 22.2 Å². The molecular weight excluding hydrogens is 529 g/mol. The lowest BCUT2D eigenvalue weighted by molar-refractivity contribution is -0.146. The van der Waals surface area contributed by atoms with Crippen LogP contribution >= 0.6 is 11.3 Å². The van der Waals surface area contributed by atoms with Crippen molar-refractivity contribution in [1.82, 2.24) is 19.8 Å². The van der Waals surface area contributed by atoms with Gasteiger partial charge in [-0.3, -0.25) is 9.59 Å². The summed E-state index contributed by atoms with van der Waals surface area (Å²) in [5, 5.41) is 3.41. The van der Waals surface area contributed by atoms with Crippen molar-refractivity contribution in [3.63, 3.8) is 0 Å². The monoisotopic (exact) mass is 560 g/mol. The maximum atomic E-state index is 13.3. The molecular formula is C27H31F3N6O2S. The molecule has 12 heteroatoms. The number of likely N-dealkylation sites (tertiary alicyclic amines) is 2. The van der Waals surface area contributed by atoms with Crippen molar-refractivity contribution in [3.8, 4) is 0 Å². The van der Waals surface area contributed by atoms with Gasteiger partial charge in [-0.1, -0.05) is 13.0 Å². The molecule has 0 bridgehead atoms. The van der Waals surface area contributed by atoms with Crippen LogP contribution in [0.4, 0.5) is 24.7 Å². The maximum absolute atomic E-state index is 13.3. The molecule has 0 radical (unpaired) electrons. The van der Waals surface area contributed by atoms with Crippen LogP contribution in [0.2, 0.25) is 0 Å². The third-order valence-electron chi connectivity index (χ3n) is 7.64. The molecule has 2 saturated heterocycles. The fourth-order valence-corrected chi connectivity index (χ4v) is 6.53. The summed E-state index contributed by atoms with van der Waals surface area (Å²) in [6.07, 6.45) is -0.0345. The van der Waals surface area contributed by atoms with E-state index in [4.69, 9.17) is 10.7 Å². The first kappa shape index (κ1) is 27.3. The number of nitrogens with two attached hydrogens (primary N) is 1. The zero-order valence-electron chi connectivity index (χ0n) is 21.8. The summed E-state index contributed by atoms with van der Waals surface area (Å²) in [4.78, 5) is 38.5. The maximum Gasteiger partial charge on any atom is 0.420 e. The number of hydrogen-bond acceptors (Lipinski definition) is 7. The van der Waals surface area contributed by atoms with Gasteiger partial charge in [0.05, 0.1) is 38.7 Å². The first-order valence-electron chi connectivity index (χ1n) is 13.0. The van der Waals surface area contributed by atoms with E-state index in [-0.39, 0.29) is 17.6 Å². The van der Waals surface area contributed by atoms with Crippen LogP contribution in [0, 0.1) is 5.92 Å². The number of alkyl halides is 3. The second-order valence-electron chi connectivity index (χ2n) is 10.6. The van der Waals surface area contributed by atoms with Gasteiger partial charge in [-0.2, -0.15) is 13.2 Å². The molecule has 3 N–H and O–H groups in total. The predicted octanol–water partition coefficient (Wildman–Crippen LogP) is 5.04. The van der Waals surface area contributed by atoms with E-state index < -0.39 is 29.4 Å². The minimum absolute atomic E-state index is 0.173. The SMILES string of the molecule is C[C@H]1CC[C@H](c2ccc3sc(C4CCN(C)CC4)nc3c2)N(C(=O)C(=O)Nc2cnc(N)c(C(F)(F)F)c2)C1. The summed E-state index contributed by atoms with van der Waals surface area (Å²) in [5.74, 6) is -1.91. The quantitative estimate of drug-likeness (QED) is 0.435. The van der Waals surface area contributed by atoms with Crippen LogP contribution in [0.1, 0.15) is 60.7 Å². The molecule has 39 heavy (non-hydrogen) atoms. The number of anilines is 2. The number of rotatable bonds is 3. The Morgan fingerprint density at radius 1 is 1.13 bits per heavy atom. The van der Waals surface area contributed by atoms with E-state index in [1.54, 1.807) is 11.3 Å². The molecule has 2 aliphatic rings. The summed E-state index contributed by atoms with van der Waals surface area (Å²) in [6, 6.07) is 6.36. The Bertz CT molecular complexity index is 1390. The number of carbonyl (C=O) groups excluding carboxylic acids is 2. The van der Waals surface area contributed by atoms with Crippen LogP contribution in [0.25, 0.3) is 10.2 Å². The van der Waals surface area contributed by atoms with Gasteiger partial charge in [0, 0.05) is 12.5 Å². The van der Waals surface area contributed by atoms with Crippen molar-refractivity contribution in [3.05, 3.63) is 46.6 Å². The number of pyridine rings is 1. The Morgan fingerprint density at radius 2 is 1.87 bits per heavy atom. The van der Waals surface area contributed by atoms with E-state index in [0.717, 1.165) is 59.3 Å². The number of nitrogen functional groups attached to an aromatic ring is 1. The molecule has 1 aromatic carbocycles. The third-order valence-corrected chi connectivity index (χ3v) is 8.83. The number of thiazole rings is 1. The van der Waals surface area contributed by atoms with Crippen LogP contribution < -0.4 is 11.1 Å². The smallest absolute Gasteiger partial charge is 0.383 e. The third kappa shape index (κ3) is 5.86. The highest BCUT2D eigenvalue weighted by Gasteiger charge is 2.36. The predicted molar refractivity (Wildman–Crippen MR) is 144 cm³/mol. The highest BCUT2D eigenvalue weighted by molar-refractivity contribution is 7.18. The highest BCUT2D eigenvalue weighted by atomic mass is 32.1. The summed E-state index contributed by atoms with van der Waals surface area (Å²) in [5.41, 5.74) is 5.70. The molecule has 0 spiro atoms. The van der Waals surface area contributed by atoms with Gasteiger partial charge in [0.15, 0.2) is 0 Å². The average molecular weight is 561 g/mol. The molecule has 0 unspecified atom stereocenters. The number of fused-ring (bicyclic) bond motifs is 1. The molecule has 0 saturated carbocycles. The minimum atomic E-state index is -4.74. The molecule has 208 valence electrons. The number of carbonyl (C=O) groups is 2. The number of piperidine rings is 2. The summed E-state index contributed by atoms with van der Waals surface area (Å²) < 4.78 is 40.7. The average Bonchev–Trinajstić information content (AvgIpc) is 3.32. The van der Waals surface area contributed by atoms with Crippen LogP contribution in [0.3, 0.4) is 0 Å². The zero-order valence-corrected chi connectivity index (χ0v) is 22.6. The van der Waals surface area contributed by atoms with Gasteiger partial charge in [-0.15, -0.1) is 11.3 Å². The summed E-state index contributed by atoms with van der Waals surface area (Å²) in [6.45, 7) is 4.47. The zero-order chi connectivity index (χ0) is 27.9. The second kappa shape index (κ2) is 10.7. The van der Waals surface area contributed by atoms with Crippen LogP contribution in [-0.4, -0.2) is 58.3 Å². The molecule has 2 aromatic heterocycles. The standard InChI is InChI=1S/C27H31F3N6O2S/c1-15-3-5-21(17-4-6-22-20(11-17)34-25(39-22)16-7-9-35(2)10-8-16)36(14-15)26(38)24(37)33-18-12-19(27(28,29)30)23(31)32-13-18/h4,6,11-13,15-16,21H,3,5,7-10,14H2,1-2H3,(H2,31,32)(H,33,37)/t15-,21+/m0/s1. The molecule has 3 aromatic rings. The van der Waals surface area contributed by atoms with Crippen molar-refractivity contribution in [2.45, 2.75) is 50.7 Å². The molecule has 5 rings (SSSR count). The largest absolute Gasteiger partial charge is 0.420 e. The number of aromatic nitrogens is 2. The molecule has 0 aliphatic carbocycles. The van der Waals surface area contributed by atoms with Gasteiger partial charge in [0.1, 0.15) is 5.82 Å². The van der Waals surface area contributed by atoms with Crippen LogP contribution in [0.5, 0.6) is 0 Å². The summed E-state index contributed by atoms with van der Waals surface area (Å²) in [7, 11) is 2.13. The first-order valence-corrected chi connectivity index (χ1v) is 13.8. The van der Waals surface area contributed by atoms with Crippen LogP contribution in [-0.2, 0) is 15.8 Å². The fourth-order valence-electron chi connectivity index (χ4n) is 5.41. The Kier molecular flexibility index (Phi) is 7.51. The Labute approximate surface area is 228 Å². The van der Waals surface area contributed by atoms with Crippen molar-refractivity contribution in [2.24, 2.45) is 5.92 Å². The molecule has 2 fully saturated rings. The highest BCUT2D eigenvalue weighted by Crippen LogP contribution is 2.38. The number of nitrogens with zero attached hydrogens (tertiary/aromatic N) is 4. The molecule has 8 nitrogen and oxygen atoms in total. The van der Waals surface area contributed by atoms with E-state index in [1.807, 2.05) is 25.1 Å². The van der Waals surface area contributed by atoms with Crippen molar-refractivity contribution in [2.75, 3.05) is 37.7 Å². The van der Waals surface area contributed by atoms with Crippen molar-refractivity contribution in [1.29, 1.82) is 0 Å². The Morgan fingerprint density at radius 3 is 2.59 bits per heavy atom. The Hall–Kier alpha value is -3.25. The fraction of sp³-hybridized carbons (Fsp3) is 0.481. The first-order chi connectivity index (χ1) is 18.5. The van der Waals surface area contributed by atoms with Gasteiger partial charge < -0.3 is 20.9 Å². The van der Waals surface area contributed by atoms with Gasteiger partial charge in [-0.05, 0) is 75.5 Å². The van der Waals surface area contributed by atoms with Crippen LogP contribution in [0.15, 0.2) is 30.5 Å². The minimum Gasteiger partial charge on any atom is -0.383 e. The molecule has 2 aliphatic heterocycles. The van der Waals surface area contributed by atoms with Gasteiger partial charge in [0.2, 0.25) is 0 Å². The Balaban J connectivity index is 1.36. The van der Waals surface area contributed by atoms with Gasteiger partial charge in [-0.25, -0.2) is 9.97 Å². The van der Waals surface area contributed by atoms with E-state index >= 15 is 0 Å². The number of benzene rings is 1. The molecule has 2 amide bonds. The van der Waals surface area contributed by atoms with E-state index in [9.17, 15) is 22.8 Å². The van der Waals surface area contributed by atoms with Crippen molar-refractivity contribution >= 4 is 44.9 Å². The van der Waals surface area contributed by atoms with E-state index in [1.165, 1.54) is 4.90 Å². The van der Waals surface area contributed by atoms with E-state index in [0.29, 0.717) is 24.9 Å². The van der Waals surface area contributed by atoms with Gasteiger partial charge >= 0.3 is 18.0 Å².